The van der Waals surface area contributed by atoms with E-state index in [1.54, 1.807) is 12.1 Å². The summed E-state index contributed by atoms with van der Waals surface area (Å²) in [6.45, 7) is 6.03. The molecule has 0 spiro atoms. The van der Waals surface area contributed by atoms with Crippen LogP contribution in [0, 0.1) is 5.41 Å². The van der Waals surface area contributed by atoms with E-state index in [0.29, 0.717) is 5.76 Å². The van der Waals surface area contributed by atoms with Crippen molar-refractivity contribution < 1.29 is 9.21 Å². The van der Waals surface area contributed by atoms with Crippen molar-refractivity contribution in [2.75, 3.05) is 13.1 Å². The normalized spacial score (nSPS) is 20.0. The highest BCUT2D eigenvalue weighted by atomic mass is 16.3. The minimum atomic E-state index is 0.0144. The molecule has 2 rings (SSSR count). The van der Waals surface area contributed by atoms with E-state index in [2.05, 4.69) is 13.8 Å². The first-order valence-corrected chi connectivity index (χ1v) is 4.91. The van der Waals surface area contributed by atoms with Crippen molar-refractivity contribution in [3.8, 4) is 0 Å². The highest BCUT2D eigenvalue weighted by Crippen LogP contribution is 2.29. The fraction of sp³-hybridized carbons (Fsp3) is 0.545. The van der Waals surface area contributed by atoms with Crippen LogP contribution in [0.5, 0.6) is 0 Å². The molecule has 0 bridgehead atoms. The first kappa shape index (κ1) is 9.31. The van der Waals surface area contributed by atoms with Crippen molar-refractivity contribution in [1.29, 1.82) is 0 Å². The van der Waals surface area contributed by atoms with Gasteiger partial charge in [0, 0.05) is 13.1 Å². The van der Waals surface area contributed by atoms with Crippen molar-refractivity contribution in [2.45, 2.75) is 20.3 Å². The molecule has 14 heavy (non-hydrogen) atoms. The molecule has 1 aliphatic heterocycles. The minimum absolute atomic E-state index is 0.0144. The van der Waals surface area contributed by atoms with Crippen LogP contribution in [0.25, 0.3) is 0 Å². The highest BCUT2D eigenvalue weighted by Gasteiger charge is 2.33. The van der Waals surface area contributed by atoms with E-state index in [1.807, 2.05) is 4.90 Å². The number of amides is 1. The van der Waals surface area contributed by atoms with Crippen molar-refractivity contribution >= 4 is 5.91 Å². The molecule has 1 aliphatic rings. The van der Waals surface area contributed by atoms with Gasteiger partial charge in [0.15, 0.2) is 5.76 Å². The molecule has 1 fully saturated rings. The second-order valence-corrected chi connectivity index (χ2v) is 4.62. The molecule has 0 aromatic carbocycles. The zero-order valence-corrected chi connectivity index (χ0v) is 8.62. The predicted molar refractivity (Wildman–Crippen MR) is 53.0 cm³/mol. The van der Waals surface area contributed by atoms with Gasteiger partial charge in [-0.25, -0.2) is 0 Å². The Bertz CT molecular complexity index is 327. The summed E-state index contributed by atoms with van der Waals surface area (Å²) in [4.78, 5) is 13.7. The molecule has 0 saturated carbocycles. The number of hydrogen-bond donors (Lipinski definition) is 0. The number of rotatable bonds is 1. The summed E-state index contributed by atoms with van der Waals surface area (Å²) in [5.41, 5.74) is 0.252. The second-order valence-electron chi connectivity index (χ2n) is 4.62. The summed E-state index contributed by atoms with van der Waals surface area (Å²) in [5, 5.41) is 0. The Morgan fingerprint density at radius 3 is 2.86 bits per heavy atom. The maximum Gasteiger partial charge on any atom is 0.289 e. The van der Waals surface area contributed by atoms with Gasteiger partial charge in [0.2, 0.25) is 0 Å². The maximum absolute atomic E-state index is 11.8. The van der Waals surface area contributed by atoms with E-state index < -0.39 is 0 Å². The van der Waals surface area contributed by atoms with E-state index >= 15 is 0 Å². The maximum atomic E-state index is 11.8. The number of nitrogens with zero attached hydrogens (tertiary/aromatic N) is 1. The quantitative estimate of drug-likeness (QED) is 0.684. The largest absolute Gasteiger partial charge is 0.459 e. The van der Waals surface area contributed by atoms with Crippen LogP contribution in [0.15, 0.2) is 22.8 Å². The standard InChI is InChI=1S/C11H15NO2/c1-11(2)5-6-12(8-11)10(13)9-4-3-7-14-9/h3-4,7H,5-6,8H2,1-2H3. The average molecular weight is 193 g/mol. The monoisotopic (exact) mass is 193 g/mol. The zero-order valence-electron chi connectivity index (χ0n) is 8.62. The van der Waals surface area contributed by atoms with Gasteiger partial charge in [0.05, 0.1) is 6.26 Å². The highest BCUT2D eigenvalue weighted by molar-refractivity contribution is 5.91. The summed E-state index contributed by atoms with van der Waals surface area (Å²) < 4.78 is 5.08. The Balaban J connectivity index is 2.08. The molecule has 76 valence electrons. The summed E-state index contributed by atoms with van der Waals surface area (Å²) in [6, 6.07) is 3.46. The van der Waals surface area contributed by atoms with Gasteiger partial charge in [-0.2, -0.15) is 0 Å². The van der Waals surface area contributed by atoms with Crippen LogP contribution in [0.3, 0.4) is 0 Å². The van der Waals surface area contributed by atoms with Gasteiger partial charge in [-0.1, -0.05) is 13.8 Å². The molecule has 3 heteroatoms. The fourth-order valence-corrected chi connectivity index (χ4v) is 1.84. The van der Waals surface area contributed by atoms with Crippen LogP contribution in [-0.2, 0) is 0 Å². The SMILES string of the molecule is CC1(C)CCN(C(=O)c2ccco2)C1. The Morgan fingerprint density at radius 1 is 1.57 bits per heavy atom. The fourth-order valence-electron chi connectivity index (χ4n) is 1.84. The molecular formula is C11H15NO2. The lowest BCUT2D eigenvalue weighted by Crippen LogP contribution is -2.29. The van der Waals surface area contributed by atoms with Gasteiger partial charge < -0.3 is 9.32 Å². The summed E-state index contributed by atoms with van der Waals surface area (Å²) >= 11 is 0. The smallest absolute Gasteiger partial charge is 0.289 e. The van der Waals surface area contributed by atoms with Crippen molar-refractivity contribution in [3.63, 3.8) is 0 Å². The molecule has 1 aromatic heterocycles. The Morgan fingerprint density at radius 2 is 2.36 bits per heavy atom. The van der Waals surface area contributed by atoms with Gasteiger partial charge in [0.25, 0.3) is 5.91 Å². The molecule has 1 aromatic rings. The van der Waals surface area contributed by atoms with Crippen LogP contribution in [0.1, 0.15) is 30.8 Å². The lowest BCUT2D eigenvalue weighted by atomic mass is 9.93. The van der Waals surface area contributed by atoms with Gasteiger partial charge >= 0.3 is 0 Å². The lowest BCUT2D eigenvalue weighted by molar-refractivity contribution is 0.0746. The van der Waals surface area contributed by atoms with E-state index in [-0.39, 0.29) is 11.3 Å². The van der Waals surface area contributed by atoms with Gasteiger partial charge in [-0.05, 0) is 24.0 Å². The summed E-state index contributed by atoms with van der Waals surface area (Å²) in [5.74, 6) is 0.461. The molecule has 0 unspecified atom stereocenters. The van der Waals surface area contributed by atoms with E-state index in [1.165, 1.54) is 6.26 Å². The Hall–Kier alpha value is -1.25. The van der Waals surface area contributed by atoms with Crippen molar-refractivity contribution in [1.82, 2.24) is 4.90 Å². The van der Waals surface area contributed by atoms with Crippen LogP contribution in [-0.4, -0.2) is 23.9 Å². The lowest BCUT2D eigenvalue weighted by Gasteiger charge is -2.18. The van der Waals surface area contributed by atoms with E-state index in [0.717, 1.165) is 19.5 Å². The van der Waals surface area contributed by atoms with Crippen LogP contribution < -0.4 is 0 Å². The molecular weight excluding hydrogens is 178 g/mol. The van der Waals surface area contributed by atoms with Crippen molar-refractivity contribution in [2.24, 2.45) is 5.41 Å². The number of furan rings is 1. The third-order valence-electron chi connectivity index (χ3n) is 2.70. The summed E-state index contributed by atoms with van der Waals surface area (Å²) in [7, 11) is 0. The zero-order chi connectivity index (χ0) is 10.2. The topological polar surface area (TPSA) is 33.5 Å². The van der Waals surface area contributed by atoms with E-state index in [9.17, 15) is 4.79 Å². The third-order valence-corrected chi connectivity index (χ3v) is 2.70. The first-order valence-electron chi connectivity index (χ1n) is 4.91. The number of carbonyl (C=O) groups is 1. The molecule has 0 aliphatic carbocycles. The molecule has 0 atom stereocenters. The van der Waals surface area contributed by atoms with Crippen LogP contribution >= 0.6 is 0 Å². The molecule has 0 N–H and O–H groups in total. The van der Waals surface area contributed by atoms with Crippen LogP contribution in [0.4, 0.5) is 0 Å². The number of likely N-dealkylation sites (tertiary alicyclic amines) is 1. The molecule has 1 amide bonds. The van der Waals surface area contributed by atoms with Crippen molar-refractivity contribution in [3.05, 3.63) is 24.2 Å². The van der Waals surface area contributed by atoms with Gasteiger partial charge in [-0.3, -0.25) is 4.79 Å². The minimum Gasteiger partial charge on any atom is -0.459 e. The van der Waals surface area contributed by atoms with Crippen LogP contribution in [0.2, 0.25) is 0 Å². The van der Waals surface area contributed by atoms with Gasteiger partial charge in [-0.15, -0.1) is 0 Å². The van der Waals surface area contributed by atoms with E-state index in [4.69, 9.17) is 4.42 Å². The average Bonchev–Trinajstić information content (AvgIpc) is 2.72. The second kappa shape index (κ2) is 3.15. The molecule has 1 saturated heterocycles. The number of hydrogen-bond acceptors (Lipinski definition) is 2. The first-order chi connectivity index (χ1) is 6.58. The van der Waals surface area contributed by atoms with Gasteiger partial charge in [0.1, 0.15) is 0 Å². The molecule has 3 nitrogen and oxygen atoms in total. The molecule has 2 heterocycles. The third kappa shape index (κ3) is 1.67. The predicted octanol–water partition coefficient (Wildman–Crippen LogP) is 2.15. The Labute approximate surface area is 83.7 Å². The number of carbonyl (C=O) groups excluding carboxylic acids is 1. The Kier molecular flexibility index (Phi) is 2.10. The summed E-state index contributed by atoms with van der Waals surface area (Å²) in [6.07, 6.45) is 2.61. The molecule has 0 radical (unpaired) electrons.